The molecule has 1 aromatic rings. The highest BCUT2D eigenvalue weighted by molar-refractivity contribution is 7.17. The summed E-state index contributed by atoms with van der Waals surface area (Å²) >= 11 is 1.23. The number of thiazole rings is 1. The number of anilines is 1. The van der Waals surface area contributed by atoms with Gasteiger partial charge in [0, 0.05) is 19.5 Å². The van der Waals surface area contributed by atoms with E-state index < -0.39 is 6.10 Å². The Morgan fingerprint density at radius 3 is 2.94 bits per heavy atom. The molecule has 7 heteroatoms. The van der Waals surface area contributed by atoms with Crippen LogP contribution in [-0.4, -0.2) is 41.3 Å². The average molecular weight is 273 g/mol. The van der Waals surface area contributed by atoms with Crippen LogP contribution in [0.2, 0.25) is 0 Å². The molecule has 0 spiro atoms. The molecule has 0 aliphatic heterocycles. The van der Waals surface area contributed by atoms with Crippen LogP contribution in [0.5, 0.6) is 5.19 Å². The van der Waals surface area contributed by atoms with Crippen LogP contribution in [-0.2, 0) is 4.79 Å². The number of ether oxygens (including phenoxy) is 1. The van der Waals surface area contributed by atoms with E-state index in [0.717, 1.165) is 0 Å². The first-order chi connectivity index (χ1) is 8.47. The zero-order chi connectivity index (χ0) is 13.5. The van der Waals surface area contributed by atoms with E-state index in [9.17, 15) is 9.90 Å². The van der Waals surface area contributed by atoms with Crippen molar-refractivity contribution in [2.45, 2.75) is 32.9 Å². The number of nitrogens with one attached hydrogen (secondary N) is 2. The fraction of sp³-hybridized carbons (Fsp3) is 0.636. The Hall–Kier alpha value is -1.18. The van der Waals surface area contributed by atoms with E-state index in [0.29, 0.717) is 22.8 Å². The summed E-state index contributed by atoms with van der Waals surface area (Å²) in [4.78, 5) is 14.8. The van der Waals surface area contributed by atoms with Gasteiger partial charge in [0.1, 0.15) is 17.7 Å². The number of carbonyl (C=O) groups excluding carboxylic acids is 1. The van der Waals surface area contributed by atoms with Crippen molar-refractivity contribution in [1.29, 1.82) is 0 Å². The number of nitrogens with zero attached hydrogens (tertiary/aromatic N) is 1. The molecule has 0 saturated carbocycles. The maximum Gasteiger partial charge on any atom is 0.275 e. The predicted octanol–water partition coefficient (Wildman–Crippen LogP) is 0.839. The van der Waals surface area contributed by atoms with Crippen molar-refractivity contribution < 1.29 is 14.6 Å². The highest BCUT2D eigenvalue weighted by Crippen LogP contribution is 2.25. The number of carbonyl (C=O) groups is 1. The lowest BCUT2D eigenvalue weighted by Crippen LogP contribution is -2.35. The van der Waals surface area contributed by atoms with Crippen molar-refractivity contribution in [2.24, 2.45) is 0 Å². The van der Waals surface area contributed by atoms with Crippen LogP contribution in [0.3, 0.4) is 0 Å². The van der Waals surface area contributed by atoms with Gasteiger partial charge in [0.2, 0.25) is 5.91 Å². The molecule has 102 valence electrons. The van der Waals surface area contributed by atoms with Crippen molar-refractivity contribution in [2.75, 3.05) is 18.5 Å². The highest BCUT2D eigenvalue weighted by Gasteiger charge is 2.09. The molecule has 0 aliphatic rings. The summed E-state index contributed by atoms with van der Waals surface area (Å²) in [5.41, 5.74) is 0. The SMILES string of the molecule is CC(=O)Nc1cnc(OCC(O)CNC(C)C)s1. The van der Waals surface area contributed by atoms with E-state index in [2.05, 4.69) is 15.6 Å². The second-order valence-electron chi connectivity index (χ2n) is 4.20. The van der Waals surface area contributed by atoms with Crippen LogP contribution in [0.4, 0.5) is 5.00 Å². The van der Waals surface area contributed by atoms with Gasteiger partial charge in [-0.05, 0) is 0 Å². The summed E-state index contributed by atoms with van der Waals surface area (Å²) < 4.78 is 5.33. The van der Waals surface area contributed by atoms with Crippen molar-refractivity contribution in [3.8, 4) is 5.19 Å². The van der Waals surface area contributed by atoms with Crippen molar-refractivity contribution >= 4 is 22.2 Å². The number of amides is 1. The van der Waals surface area contributed by atoms with Crippen LogP contribution in [0.1, 0.15) is 20.8 Å². The average Bonchev–Trinajstić information content (AvgIpc) is 2.70. The Kier molecular flexibility index (Phi) is 6.03. The topological polar surface area (TPSA) is 83.5 Å². The standard InChI is InChI=1S/C11H19N3O3S/c1-7(2)12-4-9(16)6-17-11-13-5-10(18-11)14-8(3)15/h5,7,9,12,16H,4,6H2,1-3H3,(H,14,15). The monoisotopic (exact) mass is 273 g/mol. The van der Waals surface area contributed by atoms with Gasteiger partial charge in [-0.1, -0.05) is 25.2 Å². The summed E-state index contributed by atoms with van der Waals surface area (Å²) in [5, 5.41) is 16.4. The first kappa shape index (κ1) is 14.9. The molecule has 6 nitrogen and oxygen atoms in total. The Bertz CT molecular complexity index is 381. The third kappa shape index (κ3) is 5.95. The molecular formula is C11H19N3O3S. The predicted molar refractivity (Wildman–Crippen MR) is 71.1 cm³/mol. The first-order valence-corrected chi connectivity index (χ1v) is 6.56. The Morgan fingerprint density at radius 2 is 2.33 bits per heavy atom. The van der Waals surface area contributed by atoms with Crippen molar-refractivity contribution in [3.05, 3.63) is 6.20 Å². The van der Waals surface area contributed by atoms with Gasteiger partial charge in [-0.15, -0.1) is 0 Å². The van der Waals surface area contributed by atoms with Gasteiger partial charge < -0.3 is 20.5 Å². The molecule has 1 unspecified atom stereocenters. The summed E-state index contributed by atoms with van der Waals surface area (Å²) in [6, 6.07) is 0.325. The van der Waals surface area contributed by atoms with Crippen LogP contribution in [0.25, 0.3) is 0 Å². The van der Waals surface area contributed by atoms with Gasteiger partial charge in [-0.3, -0.25) is 4.79 Å². The lowest BCUT2D eigenvalue weighted by molar-refractivity contribution is -0.114. The molecule has 18 heavy (non-hydrogen) atoms. The highest BCUT2D eigenvalue weighted by atomic mass is 32.1. The minimum Gasteiger partial charge on any atom is -0.467 e. The van der Waals surface area contributed by atoms with E-state index >= 15 is 0 Å². The minimum atomic E-state index is -0.583. The van der Waals surface area contributed by atoms with Crippen molar-refractivity contribution in [3.63, 3.8) is 0 Å². The molecule has 0 radical (unpaired) electrons. The maximum atomic E-state index is 10.8. The summed E-state index contributed by atoms with van der Waals surface area (Å²) in [6.07, 6.45) is 0.945. The van der Waals surface area contributed by atoms with E-state index in [1.54, 1.807) is 0 Å². The second-order valence-corrected chi connectivity index (χ2v) is 5.19. The zero-order valence-electron chi connectivity index (χ0n) is 10.8. The molecule has 0 bridgehead atoms. The Balaban J connectivity index is 2.30. The largest absolute Gasteiger partial charge is 0.467 e. The van der Waals surface area contributed by atoms with E-state index in [-0.39, 0.29) is 12.5 Å². The van der Waals surface area contributed by atoms with Gasteiger partial charge in [0.25, 0.3) is 5.19 Å². The van der Waals surface area contributed by atoms with E-state index in [1.807, 2.05) is 13.8 Å². The normalized spacial score (nSPS) is 12.5. The van der Waals surface area contributed by atoms with Crippen LogP contribution in [0.15, 0.2) is 6.20 Å². The second kappa shape index (κ2) is 7.30. The quantitative estimate of drug-likeness (QED) is 0.685. The number of hydrogen-bond acceptors (Lipinski definition) is 6. The molecule has 0 aliphatic carbocycles. The minimum absolute atomic E-state index is 0.147. The summed E-state index contributed by atoms with van der Waals surface area (Å²) in [5.74, 6) is -0.147. The lowest BCUT2D eigenvalue weighted by Gasteiger charge is -2.13. The van der Waals surface area contributed by atoms with Crippen LogP contribution in [0, 0.1) is 0 Å². The third-order valence-electron chi connectivity index (χ3n) is 1.94. The molecule has 0 saturated heterocycles. The van der Waals surface area contributed by atoms with Gasteiger partial charge in [-0.2, -0.15) is 0 Å². The van der Waals surface area contributed by atoms with Gasteiger partial charge >= 0.3 is 0 Å². The van der Waals surface area contributed by atoms with Crippen LogP contribution < -0.4 is 15.4 Å². The van der Waals surface area contributed by atoms with Gasteiger partial charge in [-0.25, -0.2) is 4.98 Å². The smallest absolute Gasteiger partial charge is 0.275 e. The van der Waals surface area contributed by atoms with Crippen LogP contribution >= 0.6 is 11.3 Å². The number of hydrogen-bond donors (Lipinski definition) is 3. The molecule has 3 N–H and O–H groups in total. The fourth-order valence-electron chi connectivity index (χ4n) is 1.15. The van der Waals surface area contributed by atoms with E-state index in [4.69, 9.17) is 4.74 Å². The molecule has 0 aromatic carbocycles. The fourth-order valence-corrected chi connectivity index (χ4v) is 1.87. The number of aliphatic hydroxyl groups excluding tert-OH is 1. The zero-order valence-corrected chi connectivity index (χ0v) is 11.6. The number of aromatic nitrogens is 1. The maximum absolute atomic E-state index is 10.8. The molecule has 1 rings (SSSR count). The molecular weight excluding hydrogens is 254 g/mol. The first-order valence-electron chi connectivity index (χ1n) is 5.75. The number of rotatable bonds is 7. The molecule has 1 atom stereocenters. The van der Waals surface area contributed by atoms with E-state index in [1.165, 1.54) is 24.5 Å². The third-order valence-corrected chi connectivity index (χ3v) is 2.77. The van der Waals surface area contributed by atoms with Gasteiger partial charge in [0.05, 0.1) is 6.20 Å². The number of aliphatic hydroxyl groups is 1. The molecule has 1 aromatic heterocycles. The molecule has 0 fully saturated rings. The molecule has 1 amide bonds. The Morgan fingerprint density at radius 1 is 1.61 bits per heavy atom. The van der Waals surface area contributed by atoms with Gasteiger partial charge in [0.15, 0.2) is 0 Å². The Labute approximate surface area is 110 Å². The van der Waals surface area contributed by atoms with Crippen molar-refractivity contribution in [1.82, 2.24) is 10.3 Å². The summed E-state index contributed by atoms with van der Waals surface area (Å²) in [7, 11) is 0. The lowest BCUT2D eigenvalue weighted by atomic mass is 10.3. The summed E-state index contributed by atoms with van der Waals surface area (Å²) in [6.45, 7) is 6.10. The molecule has 1 heterocycles.